The lowest BCUT2D eigenvalue weighted by Crippen LogP contribution is -2.52. The summed E-state index contributed by atoms with van der Waals surface area (Å²) in [6.45, 7) is 6.47. The van der Waals surface area contributed by atoms with Gasteiger partial charge in [-0.15, -0.1) is 0 Å². The molecule has 3 aromatic rings. The summed E-state index contributed by atoms with van der Waals surface area (Å²) in [5, 5.41) is 3.38. The van der Waals surface area contributed by atoms with E-state index in [2.05, 4.69) is 5.32 Å². The standard InChI is InChI=1S/C29H33ClFN3O4S/c1-5-21(3)32-29(36)22(4)33(18-23-12-14-24(30)15-13-23)28(35)19-34(27-9-7-6-8-26(27)31)39(37,38)25-16-10-20(2)11-17-25/h6-17,21-22H,5,18-19H2,1-4H3,(H,32,36)/t21-,22-/m0/s1. The van der Waals surface area contributed by atoms with Crippen LogP contribution in [-0.4, -0.2) is 43.8 Å². The number of aryl methyl sites for hydroxylation is 1. The summed E-state index contributed by atoms with van der Waals surface area (Å²) in [5.41, 5.74) is 1.27. The van der Waals surface area contributed by atoms with Crippen LogP contribution in [0.15, 0.2) is 77.7 Å². The minimum atomic E-state index is -4.34. The van der Waals surface area contributed by atoms with Crippen molar-refractivity contribution in [1.29, 1.82) is 0 Å². The predicted octanol–water partition coefficient (Wildman–Crippen LogP) is 5.31. The molecule has 10 heteroatoms. The van der Waals surface area contributed by atoms with Crippen molar-refractivity contribution in [3.05, 3.63) is 94.8 Å². The van der Waals surface area contributed by atoms with E-state index >= 15 is 0 Å². The highest BCUT2D eigenvalue weighted by atomic mass is 35.5. The fourth-order valence-electron chi connectivity index (χ4n) is 3.84. The largest absolute Gasteiger partial charge is 0.352 e. The third-order valence-electron chi connectivity index (χ3n) is 6.44. The van der Waals surface area contributed by atoms with Crippen molar-refractivity contribution in [1.82, 2.24) is 10.2 Å². The highest BCUT2D eigenvalue weighted by molar-refractivity contribution is 7.92. The Morgan fingerprint density at radius 2 is 1.59 bits per heavy atom. The molecule has 0 saturated heterocycles. The van der Waals surface area contributed by atoms with Gasteiger partial charge in [0.15, 0.2) is 0 Å². The van der Waals surface area contributed by atoms with E-state index in [1.165, 1.54) is 35.2 Å². The molecule has 39 heavy (non-hydrogen) atoms. The zero-order valence-electron chi connectivity index (χ0n) is 22.4. The van der Waals surface area contributed by atoms with Gasteiger partial charge in [-0.05, 0) is 69.2 Å². The maximum absolute atomic E-state index is 14.9. The Labute approximate surface area is 234 Å². The van der Waals surface area contributed by atoms with Gasteiger partial charge in [0.05, 0.1) is 10.6 Å². The van der Waals surface area contributed by atoms with Crippen molar-refractivity contribution < 1.29 is 22.4 Å². The van der Waals surface area contributed by atoms with Crippen LogP contribution in [0.3, 0.4) is 0 Å². The molecule has 3 rings (SSSR count). The van der Waals surface area contributed by atoms with Gasteiger partial charge in [0.1, 0.15) is 18.4 Å². The van der Waals surface area contributed by atoms with Crippen LogP contribution in [0.2, 0.25) is 5.02 Å². The number of anilines is 1. The van der Waals surface area contributed by atoms with Crippen molar-refractivity contribution >= 4 is 39.1 Å². The van der Waals surface area contributed by atoms with Gasteiger partial charge in [-0.25, -0.2) is 12.8 Å². The minimum absolute atomic E-state index is 0.0147. The number of rotatable bonds is 11. The van der Waals surface area contributed by atoms with Crippen molar-refractivity contribution in [2.75, 3.05) is 10.8 Å². The number of nitrogens with one attached hydrogen (secondary N) is 1. The van der Waals surface area contributed by atoms with Gasteiger partial charge in [-0.3, -0.25) is 13.9 Å². The van der Waals surface area contributed by atoms with Crippen LogP contribution in [0, 0.1) is 12.7 Å². The first-order valence-corrected chi connectivity index (χ1v) is 14.4. The second-order valence-electron chi connectivity index (χ2n) is 9.42. The quantitative estimate of drug-likeness (QED) is 0.337. The van der Waals surface area contributed by atoms with Gasteiger partial charge in [0.25, 0.3) is 10.0 Å². The SMILES string of the molecule is CC[C@H](C)NC(=O)[C@H](C)N(Cc1ccc(Cl)cc1)C(=O)CN(c1ccccc1F)S(=O)(=O)c1ccc(C)cc1. The highest BCUT2D eigenvalue weighted by Gasteiger charge is 2.33. The third kappa shape index (κ3) is 7.58. The molecule has 0 aliphatic carbocycles. The Balaban J connectivity index is 2.03. The van der Waals surface area contributed by atoms with Crippen molar-refractivity contribution in [3.8, 4) is 0 Å². The topological polar surface area (TPSA) is 86.8 Å². The summed E-state index contributed by atoms with van der Waals surface area (Å²) in [6, 6.07) is 17.2. The van der Waals surface area contributed by atoms with Crippen LogP contribution in [-0.2, 0) is 26.2 Å². The molecule has 0 fully saturated rings. The molecule has 1 N–H and O–H groups in total. The zero-order chi connectivity index (χ0) is 28.7. The van der Waals surface area contributed by atoms with Crippen LogP contribution in [0.1, 0.15) is 38.3 Å². The predicted molar refractivity (Wildman–Crippen MR) is 151 cm³/mol. The summed E-state index contributed by atoms with van der Waals surface area (Å²) >= 11 is 6.01. The Morgan fingerprint density at radius 3 is 2.18 bits per heavy atom. The molecular formula is C29H33ClFN3O4S. The smallest absolute Gasteiger partial charge is 0.264 e. The van der Waals surface area contributed by atoms with Crippen LogP contribution in [0.4, 0.5) is 10.1 Å². The number of sulfonamides is 1. The van der Waals surface area contributed by atoms with E-state index in [9.17, 15) is 22.4 Å². The molecule has 0 heterocycles. The van der Waals surface area contributed by atoms with E-state index < -0.39 is 34.3 Å². The first kappa shape index (κ1) is 30.1. The second kappa shape index (κ2) is 13.1. The Bertz CT molecular complexity index is 1400. The summed E-state index contributed by atoms with van der Waals surface area (Å²) in [4.78, 5) is 28.1. The second-order valence-corrected chi connectivity index (χ2v) is 11.7. The normalized spacial score (nSPS) is 12.9. The lowest BCUT2D eigenvalue weighted by atomic mass is 10.1. The highest BCUT2D eigenvalue weighted by Crippen LogP contribution is 2.27. The minimum Gasteiger partial charge on any atom is -0.352 e. The zero-order valence-corrected chi connectivity index (χ0v) is 24.0. The number of amides is 2. The average Bonchev–Trinajstić information content (AvgIpc) is 2.91. The number of hydrogen-bond acceptors (Lipinski definition) is 4. The maximum Gasteiger partial charge on any atom is 0.264 e. The van der Waals surface area contributed by atoms with E-state index in [0.717, 1.165) is 15.9 Å². The number of nitrogens with zero attached hydrogens (tertiary/aromatic N) is 2. The summed E-state index contributed by atoms with van der Waals surface area (Å²) in [7, 11) is -4.34. The number of carbonyl (C=O) groups is 2. The van der Waals surface area contributed by atoms with Crippen molar-refractivity contribution in [2.45, 2.75) is 57.6 Å². The van der Waals surface area contributed by atoms with Crippen molar-refractivity contribution in [2.24, 2.45) is 0 Å². The molecular weight excluding hydrogens is 541 g/mol. The van der Waals surface area contributed by atoms with Gasteiger partial charge < -0.3 is 10.2 Å². The van der Waals surface area contributed by atoms with E-state index in [0.29, 0.717) is 17.0 Å². The molecule has 0 saturated carbocycles. The number of benzene rings is 3. The number of hydrogen-bond donors (Lipinski definition) is 1. The van der Waals surface area contributed by atoms with Crippen LogP contribution in [0.25, 0.3) is 0 Å². The Hall–Kier alpha value is -3.43. The molecule has 208 valence electrons. The summed E-state index contributed by atoms with van der Waals surface area (Å²) < 4.78 is 43.2. The molecule has 0 aliphatic heterocycles. The summed E-state index contributed by atoms with van der Waals surface area (Å²) in [6.07, 6.45) is 0.694. The number of carbonyl (C=O) groups excluding carboxylic acids is 2. The first-order valence-electron chi connectivity index (χ1n) is 12.6. The molecule has 7 nitrogen and oxygen atoms in total. The molecule has 2 atom stereocenters. The van der Waals surface area contributed by atoms with Crippen LogP contribution >= 0.6 is 11.6 Å². The van der Waals surface area contributed by atoms with Gasteiger partial charge in [-0.1, -0.05) is 60.5 Å². The van der Waals surface area contributed by atoms with Gasteiger partial charge in [-0.2, -0.15) is 0 Å². The maximum atomic E-state index is 14.9. The van der Waals surface area contributed by atoms with E-state index in [-0.39, 0.29) is 29.1 Å². The number of para-hydroxylation sites is 1. The molecule has 0 aliphatic rings. The molecule has 0 spiro atoms. The fraction of sp³-hybridized carbons (Fsp3) is 0.310. The molecule has 3 aromatic carbocycles. The van der Waals surface area contributed by atoms with Crippen LogP contribution < -0.4 is 9.62 Å². The van der Waals surface area contributed by atoms with Gasteiger partial charge in [0.2, 0.25) is 11.8 Å². The van der Waals surface area contributed by atoms with Crippen molar-refractivity contribution in [3.63, 3.8) is 0 Å². The average molecular weight is 574 g/mol. The first-order chi connectivity index (χ1) is 18.4. The monoisotopic (exact) mass is 573 g/mol. The van der Waals surface area contributed by atoms with E-state index in [4.69, 9.17) is 11.6 Å². The lowest BCUT2D eigenvalue weighted by Gasteiger charge is -2.32. The molecule has 0 unspecified atom stereocenters. The van der Waals surface area contributed by atoms with Crippen LogP contribution in [0.5, 0.6) is 0 Å². The van der Waals surface area contributed by atoms with E-state index in [1.54, 1.807) is 43.3 Å². The Kier molecular flexibility index (Phi) is 10.1. The molecule has 0 radical (unpaired) electrons. The Morgan fingerprint density at radius 1 is 0.974 bits per heavy atom. The molecule has 0 bridgehead atoms. The summed E-state index contributed by atoms with van der Waals surface area (Å²) in [5.74, 6) is -1.85. The third-order valence-corrected chi connectivity index (χ3v) is 8.47. The molecule has 0 aromatic heterocycles. The lowest BCUT2D eigenvalue weighted by molar-refractivity contribution is -0.139. The number of halogens is 2. The molecule has 2 amide bonds. The fourth-order valence-corrected chi connectivity index (χ4v) is 5.39. The van der Waals surface area contributed by atoms with E-state index in [1.807, 2.05) is 20.8 Å². The van der Waals surface area contributed by atoms with Gasteiger partial charge >= 0.3 is 0 Å². The van der Waals surface area contributed by atoms with Gasteiger partial charge in [0, 0.05) is 17.6 Å².